The summed E-state index contributed by atoms with van der Waals surface area (Å²) >= 11 is 0. The Morgan fingerprint density at radius 3 is 1.42 bits per heavy atom. The molecule has 23 nitrogen and oxygen atoms in total. The molecule has 0 radical (unpaired) electrons. The number of rotatable bonds is 28. The number of aromatic nitrogens is 7. The second-order valence-electron chi connectivity index (χ2n) is 30.1. The van der Waals surface area contributed by atoms with Gasteiger partial charge in [0, 0.05) is 61.8 Å². The number of primary amides is 1. The first-order valence-corrected chi connectivity index (χ1v) is 36.9. The molecule has 100 heavy (non-hydrogen) atoms. The summed E-state index contributed by atoms with van der Waals surface area (Å²) in [6.07, 6.45) is 20.9. The fourth-order valence-corrected chi connectivity index (χ4v) is 18.5. The van der Waals surface area contributed by atoms with Gasteiger partial charge in [0.05, 0.1) is 24.3 Å². The first kappa shape index (κ1) is 68.0. The van der Waals surface area contributed by atoms with Gasteiger partial charge in [0.2, 0.25) is 17.7 Å². The molecule has 2 aliphatic heterocycles. The van der Waals surface area contributed by atoms with Crippen molar-refractivity contribution in [1.29, 1.82) is 0 Å². The standard InChI is InChI=1S/C40H46FN7O6S.C35H44N6O4/c1-38(2)24-28(10-7-21-42-37(50)54-26-27-8-4-3-5-9-27)25-47(38)35-29(36(49)46-55(51,52)34-12-6-11-31(41)43-34)13-14-32(44-35)48-22-15-33(45-48)53-23-16-30-39(17-18-39)40(30)19-20-40;1-33(2)21-25(9-6-18-37-32(43)45-23-24-7-4-3-5-8-24)22-40(33)31-26(30(36)42)10-11-28(38-31)41-19-12-29(39-41)44-20-13-27-34(14-15-34)35(27)16-17-35/h3-6,8-9,11-15,22,28,30H,7,10,16-21,23-26H2,1-2H3,(H,42,50)(H,46,49);3-5,7-8,10-12,19,25,27H,6,9,13-18,20-23H2,1-2H3,(H2,36,42)(H,37,43)/t28-;25-/m11/s1. The molecule has 8 fully saturated rings. The molecule has 15 rings (SSSR count). The third kappa shape index (κ3) is 14.2. The number of benzene rings is 2. The summed E-state index contributed by atoms with van der Waals surface area (Å²) in [5, 5.41) is 14.3. The summed E-state index contributed by atoms with van der Waals surface area (Å²) < 4.78 is 68.2. The normalized spacial score (nSPS) is 20.7. The molecular formula is C75H90FN13O10S. The molecule has 6 saturated carbocycles. The molecular weight excluding hydrogens is 1290 g/mol. The molecule has 6 aliphatic carbocycles. The summed E-state index contributed by atoms with van der Waals surface area (Å²) in [4.78, 5) is 68.1. The molecule has 4 spiro atoms. The minimum Gasteiger partial charge on any atom is -0.477 e. The zero-order valence-corrected chi connectivity index (χ0v) is 58.2. The van der Waals surface area contributed by atoms with E-state index in [0.717, 1.165) is 86.6 Å². The Balaban J connectivity index is 0.000000174. The molecule has 0 unspecified atom stereocenters. The topological polar surface area (TPSA) is 282 Å². The van der Waals surface area contributed by atoms with Crippen LogP contribution in [0.1, 0.15) is 162 Å². The van der Waals surface area contributed by atoms with Gasteiger partial charge in [-0.15, -0.1) is 10.2 Å². The number of sulfonamides is 1. The van der Waals surface area contributed by atoms with E-state index in [9.17, 15) is 32.0 Å². The second kappa shape index (κ2) is 27.1. The van der Waals surface area contributed by atoms with Crippen molar-refractivity contribution in [1.82, 2.24) is 49.9 Å². The molecule has 7 aromatic rings. The molecule has 2 aromatic carbocycles. The zero-order valence-electron chi connectivity index (χ0n) is 57.4. The number of carbonyl (C=O) groups excluding carboxylic acids is 4. The van der Waals surface area contributed by atoms with Gasteiger partial charge in [-0.05, 0) is 223 Å². The number of alkyl carbamates (subject to hydrolysis) is 2. The van der Waals surface area contributed by atoms with Gasteiger partial charge in [-0.2, -0.15) is 12.8 Å². The van der Waals surface area contributed by atoms with Crippen molar-refractivity contribution in [3.8, 4) is 23.4 Å². The van der Waals surface area contributed by atoms with Crippen LogP contribution in [0.3, 0.4) is 0 Å². The number of halogens is 1. The van der Waals surface area contributed by atoms with Gasteiger partial charge in [0.1, 0.15) is 24.8 Å². The van der Waals surface area contributed by atoms with Crippen molar-refractivity contribution in [2.45, 2.75) is 160 Å². The van der Waals surface area contributed by atoms with Crippen molar-refractivity contribution in [3.05, 3.63) is 156 Å². The van der Waals surface area contributed by atoms with Crippen molar-refractivity contribution < 1.29 is 50.9 Å². The third-order valence-electron chi connectivity index (χ3n) is 22.9. The van der Waals surface area contributed by atoms with Crippen LogP contribution in [-0.2, 0) is 32.7 Å². The largest absolute Gasteiger partial charge is 0.477 e. The smallest absolute Gasteiger partial charge is 0.407 e. The molecule has 5 aromatic heterocycles. The Morgan fingerprint density at radius 2 is 0.990 bits per heavy atom. The highest BCUT2D eigenvalue weighted by Crippen LogP contribution is 2.94. The average Bonchev–Trinajstić information content (AvgIpc) is 1.45. The first-order chi connectivity index (χ1) is 48.1. The van der Waals surface area contributed by atoms with Crippen LogP contribution in [0.25, 0.3) is 11.6 Å². The lowest BCUT2D eigenvalue weighted by Gasteiger charge is -2.34. The lowest BCUT2D eigenvalue weighted by molar-refractivity contribution is 0.0977. The predicted octanol–water partition coefficient (Wildman–Crippen LogP) is 11.8. The molecule has 7 heterocycles. The molecule has 5 N–H and O–H groups in total. The summed E-state index contributed by atoms with van der Waals surface area (Å²) in [7, 11) is -4.50. The van der Waals surface area contributed by atoms with E-state index in [1.54, 1.807) is 39.8 Å². The van der Waals surface area contributed by atoms with Gasteiger partial charge >= 0.3 is 12.2 Å². The Morgan fingerprint density at radius 1 is 0.550 bits per heavy atom. The number of ether oxygens (including phenoxy) is 4. The number of carbonyl (C=O) groups is 4. The number of nitrogens with two attached hydrogens (primary N) is 1. The Kier molecular flexibility index (Phi) is 18.4. The van der Waals surface area contributed by atoms with Gasteiger partial charge < -0.3 is 45.1 Å². The van der Waals surface area contributed by atoms with Crippen molar-refractivity contribution in [2.75, 3.05) is 49.2 Å². The maximum absolute atomic E-state index is 13.8. The van der Waals surface area contributed by atoms with E-state index in [-0.39, 0.29) is 36.1 Å². The van der Waals surface area contributed by atoms with Crippen LogP contribution < -0.4 is 40.4 Å². The van der Waals surface area contributed by atoms with Crippen LogP contribution in [0.15, 0.2) is 133 Å². The monoisotopic (exact) mass is 1380 g/mol. The van der Waals surface area contributed by atoms with Gasteiger partial charge in [-0.25, -0.2) is 38.6 Å². The highest BCUT2D eigenvalue weighted by molar-refractivity contribution is 7.90. The van der Waals surface area contributed by atoms with Crippen LogP contribution in [0, 0.1) is 51.3 Å². The lowest BCUT2D eigenvalue weighted by atomic mass is 9.93. The summed E-state index contributed by atoms with van der Waals surface area (Å²) in [6.45, 7) is 12.4. The molecule has 0 bridgehead atoms. The maximum atomic E-state index is 13.8. The maximum Gasteiger partial charge on any atom is 0.407 e. The minimum atomic E-state index is -4.50. The van der Waals surface area contributed by atoms with E-state index in [1.165, 1.54) is 63.5 Å². The van der Waals surface area contributed by atoms with E-state index in [4.69, 9.17) is 34.6 Å². The number of pyridine rings is 3. The summed E-state index contributed by atoms with van der Waals surface area (Å²) in [5.41, 5.74) is 10.00. The molecule has 8 aliphatic rings. The molecule has 2 atom stereocenters. The number of amides is 4. The summed E-state index contributed by atoms with van der Waals surface area (Å²) in [5.74, 6) is 2.71. The molecule has 25 heteroatoms. The predicted molar refractivity (Wildman–Crippen MR) is 371 cm³/mol. The van der Waals surface area contributed by atoms with E-state index in [0.29, 0.717) is 102 Å². The van der Waals surface area contributed by atoms with E-state index in [2.05, 4.69) is 49.3 Å². The second-order valence-corrected chi connectivity index (χ2v) is 31.8. The Labute approximate surface area is 582 Å². The van der Waals surface area contributed by atoms with Crippen LogP contribution >= 0.6 is 0 Å². The van der Waals surface area contributed by atoms with E-state index in [1.807, 2.05) is 91.7 Å². The SMILES string of the molecule is CC1(C)C[C@@H](CCCNC(=O)OCc2ccccc2)CN1c1nc(-n2ccc(OCCC3C4(CC4)C34CC4)n2)ccc1C(=O)NS(=O)(=O)c1cccc(F)n1.CC1(C)C[C@@H](CCCNC(=O)OCc2ccccc2)CN1c1nc(-n2ccc(OCCC3C4(CC4)C34CC4)n2)ccc1C(N)=O. The fraction of sp³-hybridized carbons (Fsp3) is 0.507. The van der Waals surface area contributed by atoms with Crippen LogP contribution in [0.2, 0.25) is 0 Å². The molecule has 4 amide bonds. The number of fused-ring (bicyclic) bond motifs is 2. The third-order valence-corrected chi connectivity index (χ3v) is 24.2. The van der Waals surface area contributed by atoms with Gasteiger partial charge in [0.25, 0.3) is 21.8 Å². The van der Waals surface area contributed by atoms with E-state index < -0.39 is 50.5 Å². The van der Waals surface area contributed by atoms with Gasteiger partial charge in [0.15, 0.2) is 16.7 Å². The summed E-state index contributed by atoms with van der Waals surface area (Å²) in [6, 6.07) is 32.7. The fourth-order valence-electron chi connectivity index (χ4n) is 17.6. The number of nitrogens with zero attached hydrogens (tertiary/aromatic N) is 9. The van der Waals surface area contributed by atoms with Crippen molar-refractivity contribution in [3.63, 3.8) is 0 Å². The first-order valence-electron chi connectivity index (χ1n) is 35.4. The number of hydrogen-bond donors (Lipinski definition) is 4. The van der Waals surface area contributed by atoms with E-state index >= 15 is 0 Å². The molecule has 528 valence electrons. The van der Waals surface area contributed by atoms with Gasteiger partial charge in [-0.1, -0.05) is 66.7 Å². The number of nitrogens with one attached hydrogen (secondary N) is 3. The minimum absolute atomic E-state index is 0.0244. The Hall–Kier alpha value is -9.13. The van der Waals surface area contributed by atoms with Crippen LogP contribution in [0.4, 0.5) is 25.6 Å². The van der Waals surface area contributed by atoms with Gasteiger partial charge in [-0.3, -0.25) is 9.59 Å². The Bertz CT molecular complexity index is 4250. The number of anilines is 2. The molecule has 2 saturated heterocycles. The number of hydrogen-bond acceptors (Lipinski definition) is 17. The highest BCUT2D eigenvalue weighted by Gasteiger charge is 2.86. The lowest BCUT2D eigenvalue weighted by Crippen LogP contribution is -2.41. The van der Waals surface area contributed by atoms with Crippen molar-refractivity contribution >= 4 is 45.7 Å². The quantitative estimate of drug-likeness (QED) is 0.0262. The van der Waals surface area contributed by atoms with Crippen molar-refractivity contribution in [2.24, 2.45) is 51.1 Å². The van der Waals surface area contributed by atoms with Crippen LogP contribution in [-0.4, -0.2) is 117 Å². The van der Waals surface area contributed by atoms with Crippen LogP contribution in [0.5, 0.6) is 11.8 Å². The zero-order chi connectivity index (χ0) is 69.7. The average molecular weight is 1380 g/mol. The highest BCUT2D eigenvalue weighted by atomic mass is 32.2.